The molecule has 0 spiro atoms. The molecule has 0 bridgehead atoms. The predicted molar refractivity (Wildman–Crippen MR) is 48.2 cm³/mol. The van der Waals surface area contributed by atoms with Crippen molar-refractivity contribution in [1.29, 1.82) is 0 Å². The quantitative estimate of drug-likeness (QED) is 0.543. The fourth-order valence-electron chi connectivity index (χ4n) is 0.447. The van der Waals surface area contributed by atoms with Crippen molar-refractivity contribution in [2.75, 3.05) is 6.67 Å². The van der Waals surface area contributed by atoms with Gasteiger partial charge in [-0.2, -0.15) is 0 Å². The summed E-state index contributed by atoms with van der Waals surface area (Å²) in [5.41, 5.74) is 1.95. The molecule has 0 amide bonds. The number of rotatable bonds is 4. The summed E-state index contributed by atoms with van der Waals surface area (Å²) in [4.78, 5) is 0. The van der Waals surface area contributed by atoms with Crippen molar-refractivity contribution < 1.29 is 4.39 Å². The number of alkyl halides is 1. The number of hydrogen-bond donors (Lipinski definition) is 0. The van der Waals surface area contributed by atoms with E-state index in [1.54, 1.807) is 12.2 Å². The Morgan fingerprint density at radius 3 is 2.18 bits per heavy atom. The van der Waals surface area contributed by atoms with E-state index in [0.717, 1.165) is 5.57 Å². The van der Waals surface area contributed by atoms with Gasteiger partial charge in [0, 0.05) is 0 Å². The third-order valence-corrected chi connectivity index (χ3v) is 1.18. The molecule has 0 saturated carbocycles. The van der Waals surface area contributed by atoms with E-state index in [1.165, 1.54) is 0 Å². The number of allylic oxidation sites excluding steroid dienone is 5. The standard InChI is InChI=1S/C10H13F/c1-8(2)5-6-9(3)10(4)7-11/h5-6H,1,3-4,7H2,2H3/b6-5-. The highest BCUT2D eigenvalue weighted by molar-refractivity contribution is 5.37. The molecule has 0 radical (unpaired) electrons. The first kappa shape index (κ1) is 9.89. The van der Waals surface area contributed by atoms with Gasteiger partial charge in [-0.25, -0.2) is 4.39 Å². The summed E-state index contributed by atoms with van der Waals surface area (Å²) in [7, 11) is 0. The van der Waals surface area contributed by atoms with Crippen molar-refractivity contribution in [2.45, 2.75) is 6.92 Å². The molecule has 0 aliphatic rings. The van der Waals surface area contributed by atoms with Crippen LogP contribution < -0.4 is 0 Å². The Labute approximate surface area is 67.4 Å². The molecule has 0 heterocycles. The summed E-state index contributed by atoms with van der Waals surface area (Å²) >= 11 is 0. The highest BCUT2D eigenvalue weighted by Crippen LogP contribution is 2.07. The minimum Gasteiger partial charge on any atom is -0.246 e. The minimum atomic E-state index is -0.542. The smallest absolute Gasteiger partial charge is 0.114 e. The largest absolute Gasteiger partial charge is 0.246 e. The van der Waals surface area contributed by atoms with Crippen LogP contribution in [0, 0.1) is 0 Å². The molecule has 0 aliphatic heterocycles. The van der Waals surface area contributed by atoms with Gasteiger partial charge < -0.3 is 0 Å². The van der Waals surface area contributed by atoms with Crippen LogP contribution in [0.3, 0.4) is 0 Å². The number of hydrogen-bond acceptors (Lipinski definition) is 0. The molecule has 11 heavy (non-hydrogen) atoms. The van der Waals surface area contributed by atoms with Crippen LogP contribution in [0.1, 0.15) is 6.92 Å². The molecule has 0 aromatic rings. The maximum atomic E-state index is 11.9. The molecule has 1 heteroatoms. The zero-order chi connectivity index (χ0) is 8.85. The summed E-state index contributed by atoms with van der Waals surface area (Å²) in [5, 5.41) is 0. The summed E-state index contributed by atoms with van der Waals surface area (Å²) in [6.45, 7) is 12.1. The molecule has 0 rings (SSSR count). The Morgan fingerprint density at radius 1 is 1.27 bits per heavy atom. The van der Waals surface area contributed by atoms with E-state index in [9.17, 15) is 4.39 Å². The van der Waals surface area contributed by atoms with Crippen LogP contribution in [0.5, 0.6) is 0 Å². The average molecular weight is 152 g/mol. The van der Waals surface area contributed by atoms with Gasteiger partial charge in [-0.05, 0) is 18.1 Å². The van der Waals surface area contributed by atoms with Crippen LogP contribution in [0.2, 0.25) is 0 Å². The van der Waals surface area contributed by atoms with Crippen molar-refractivity contribution in [2.24, 2.45) is 0 Å². The van der Waals surface area contributed by atoms with Crippen molar-refractivity contribution in [1.82, 2.24) is 0 Å². The molecule has 60 valence electrons. The second kappa shape index (κ2) is 4.67. The Bertz CT molecular complexity index is 209. The van der Waals surface area contributed by atoms with Gasteiger partial charge in [-0.1, -0.05) is 37.5 Å². The first-order valence-corrected chi connectivity index (χ1v) is 3.34. The Hall–Kier alpha value is -1.11. The van der Waals surface area contributed by atoms with Gasteiger partial charge in [0.05, 0.1) is 0 Å². The van der Waals surface area contributed by atoms with Gasteiger partial charge in [0.15, 0.2) is 0 Å². The maximum Gasteiger partial charge on any atom is 0.114 e. The maximum absolute atomic E-state index is 11.9. The van der Waals surface area contributed by atoms with Crippen molar-refractivity contribution in [3.63, 3.8) is 0 Å². The van der Waals surface area contributed by atoms with Crippen LogP contribution in [-0.2, 0) is 0 Å². The average Bonchev–Trinajstić information content (AvgIpc) is 1.98. The van der Waals surface area contributed by atoms with E-state index in [0.29, 0.717) is 11.1 Å². The molecule has 0 unspecified atom stereocenters. The van der Waals surface area contributed by atoms with Gasteiger partial charge >= 0.3 is 0 Å². The topological polar surface area (TPSA) is 0 Å². The second-order valence-electron chi connectivity index (χ2n) is 2.44. The van der Waals surface area contributed by atoms with E-state index in [4.69, 9.17) is 0 Å². The van der Waals surface area contributed by atoms with Crippen molar-refractivity contribution >= 4 is 0 Å². The second-order valence-corrected chi connectivity index (χ2v) is 2.44. The molecule has 0 atom stereocenters. The molecular weight excluding hydrogens is 139 g/mol. The van der Waals surface area contributed by atoms with Crippen LogP contribution >= 0.6 is 0 Å². The Morgan fingerprint density at radius 2 is 1.82 bits per heavy atom. The molecule has 0 N–H and O–H groups in total. The molecule has 0 fully saturated rings. The lowest BCUT2D eigenvalue weighted by molar-refractivity contribution is 0.548. The lowest BCUT2D eigenvalue weighted by Gasteiger charge is -1.97. The van der Waals surface area contributed by atoms with Gasteiger partial charge in [0.1, 0.15) is 6.67 Å². The fourth-order valence-corrected chi connectivity index (χ4v) is 0.447. The molecule has 0 nitrogen and oxygen atoms in total. The Kier molecular flexibility index (Phi) is 4.20. The molecular formula is C10H13F. The summed E-state index contributed by atoms with van der Waals surface area (Å²) < 4.78 is 11.9. The first-order chi connectivity index (χ1) is 5.07. The van der Waals surface area contributed by atoms with E-state index in [-0.39, 0.29) is 0 Å². The SMILES string of the molecule is C=C(C)/C=C\C(=C)C(=C)CF. The third-order valence-electron chi connectivity index (χ3n) is 1.18. The van der Waals surface area contributed by atoms with E-state index >= 15 is 0 Å². The zero-order valence-electron chi connectivity index (χ0n) is 6.86. The van der Waals surface area contributed by atoms with Gasteiger partial charge in [0.2, 0.25) is 0 Å². The third kappa shape index (κ3) is 4.31. The Balaban J connectivity index is 4.08. The van der Waals surface area contributed by atoms with Crippen LogP contribution in [0.15, 0.2) is 48.6 Å². The van der Waals surface area contributed by atoms with Crippen LogP contribution in [0.25, 0.3) is 0 Å². The molecule has 0 aromatic carbocycles. The predicted octanol–water partition coefficient (Wildman–Crippen LogP) is 3.20. The van der Waals surface area contributed by atoms with Gasteiger partial charge in [0.25, 0.3) is 0 Å². The highest BCUT2D eigenvalue weighted by Gasteiger charge is 1.93. The first-order valence-electron chi connectivity index (χ1n) is 3.34. The van der Waals surface area contributed by atoms with Crippen molar-refractivity contribution in [3.05, 3.63) is 48.6 Å². The normalized spacial score (nSPS) is 10.0. The van der Waals surface area contributed by atoms with Crippen LogP contribution in [-0.4, -0.2) is 6.67 Å². The van der Waals surface area contributed by atoms with Gasteiger partial charge in [-0.3, -0.25) is 0 Å². The van der Waals surface area contributed by atoms with Gasteiger partial charge in [-0.15, -0.1) is 0 Å². The zero-order valence-corrected chi connectivity index (χ0v) is 6.86. The van der Waals surface area contributed by atoms with Crippen LogP contribution in [0.4, 0.5) is 4.39 Å². The molecule has 0 aromatic heterocycles. The summed E-state index contributed by atoms with van der Waals surface area (Å²) in [5.74, 6) is 0. The lowest BCUT2D eigenvalue weighted by atomic mass is 10.1. The van der Waals surface area contributed by atoms with Crippen molar-refractivity contribution in [3.8, 4) is 0 Å². The number of halogens is 1. The van der Waals surface area contributed by atoms with E-state index in [2.05, 4.69) is 19.7 Å². The van der Waals surface area contributed by atoms with E-state index < -0.39 is 6.67 Å². The van der Waals surface area contributed by atoms with E-state index in [1.807, 2.05) is 6.92 Å². The summed E-state index contributed by atoms with van der Waals surface area (Å²) in [6, 6.07) is 0. The summed E-state index contributed by atoms with van der Waals surface area (Å²) in [6.07, 6.45) is 3.49. The monoisotopic (exact) mass is 152 g/mol. The highest BCUT2D eigenvalue weighted by atomic mass is 19.1. The lowest BCUT2D eigenvalue weighted by Crippen LogP contribution is -1.84. The fraction of sp³-hybridized carbons (Fsp3) is 0.200. The molecule has 0 saturated heterocycles. The minimum absolute atomic E-state index is 0.419. The molecule has 0 aliphatic carbocycles.